The van der Waals surface area contributed by atoms with E-state index in [0.717, 1.165) is 26.2 Å². The Balaban J connectivity index is 2.59. The number of hydrogen-bond donors (Lipinski definition) is 8. The molecule has 230 valence electrons. The van der Waals surface area contributed by atoms with Gasteiger partial charge in [0.1, 0.15) is 36.6 Å². The summed E-state index contributed by atoms with van der Waals surface area (Å²) in [5.74, 6) is -5.55. The molecule has 13 nitrogen and oxygen atoms in total. The van der Waals surface area contributed by atoms with Crippen molar-refractivity contribution in [2.24, 2.45) is 0 Å². The van der Waals surface area contributed by atoms with Crippen LogP contribution < -0.4 is 5.32 Å². The van der Waals surface area contributed by atoms with E-state index in [1.54, 1.807) is 0 Å². The van der Waals surface area contributed by atoms with E-state index in [4.69, 9.17) is 14.2 Å². The lowest BCUT2D eigenvalue weighted by Crippen LogP contribution is -2.74. The van der Waals surface area contributed by atoms with Gasteiger partial charge in [0, 0.05) is 13.5 Å². The number of nitrogens with one attached hydrogen (secondary N) is 1. The Labute approximate surface area is 230 Å². The first-order valence-electron chi connectivity index (χ1n) is 13.9. The smallest absolute Gasteiger partial charge is 0.367 e. The summed E-state index contributed by atoms with van der Waals surface area (Å²) < 4.78 is 16.1. The molecule has 1 fully saturated rings. The predicted molar refractivity (Wildman–Crippen MR) is 139 cm³/mol. The minimum absolute atomic E-state index is 0.185. The molecule has 0 saturated carbocycles. The average Bonchev–Trinajstić information content (AvgIpc) is 2.90. The largest absolute Gasteiger partial charge is 0.477 e. The van der Waals surface area contributed by atoms with Gasteiger partial charge in [-0.1, -0.05) is 64.7 Å². The summed E-state index contributed by atoms with van der Waals surface area (Å²) in [5, 5.41) is 73.0. The summed E-state index contributed by atoms with van der Waals surface area (Å²) in [5.41, 5.74) is 0. The van der Waals surface area contributed by atoms with E-state index in [9.17, 15) is 45.3 Å². The third-order valence-corrected chi connectivity index (χ3v) is 6.77. The highest BCUT2D eigenvalue weighted by atomic mass is 16.7. The number of aliphatic hydroxyl groups excluding tert-OH is 6. The summed E-state index contributed by atoms with van der Waals surface area (Å²) in [4.78, 5) is 23.7. The third kappa shape index (κ3) is 11.5. The van der Waals surface area contributed by atoms with Gasteiger partial charge < -0.3 is 55.3 Å². The van der Waals surface area contributed by atoms with Crippen molar-refractivity contribution in [1.29, 1.82) is 0 Å². The van der Waals surface area contributed by atoms with Crippen LogP contribution in [-0.2, 0) is 23.8 Å². The van der Waals surface area contributed by atoms with Crippen molar-refractivity contribution in [3.63, 3.8) is 0 Å². The molecule has 1 aliphatic heterocycles. The number of carboxylic acids is 1. The fourth-order valence-electron chi connectivity index (χ4n) is 4.51. The van der Waals surface area contributed by atoms with Gasteiger partial charge in [-0.15, -0.1) is 0 Å². The van der Waals surface area contributed by atoms with Crippen LogP contribution in [0.2, 0.25) is 0 Å². The molecule has 0 aromatic rings. The zero-order chi connectivity index (χ0) is 29.4. The fourth-order valence-corrected chi connectivity index (χ4v) is 4.51. The summed E-state index contributed by atoms with van der Waals surface area (Å²) in [6, 6.07) is -1.56. The lowest BCUT2D eigenvalue weighted by atomic mass is 9.86. The number of aliphatic carboxylic acids is 1. The summed E-state index contributed by atoms with van der Waals surface area (Å²) in [7, 11) is 0. The molecule has 1 heterocycles. The van der Waals surface area contributed by atoms with Crippen molar-refractivity contribution in [2.75, 3.05) is 26.4 Å². The zero-order valence-electron chi connectivity index (χ0n) is 23.1. The molecule has 13 heteroatoms. The number of carboxylic acid groups (broad SMARTS) is 1. The molecule has 1 saturated heterocycles. The lowest BCUT2D eigenvalue weighted by molar-refractivity contribution is -0.350. The Kier molecular flexibility index (Phi) is 17.2. The highest BCUT2D eigenvalue weighted by Gasteiger charge is 2.62. The Morgan fingerprint density at radius 1 is 0.949 bits per heavy atom. The first-order chi connectivity index (χ1) is 18.5. The quantitative estimate of drug-likeness (QED) is 0.0818. The van der Waals surface area contributed by atoms with E-state index >= 15 is 0 Å². The normalized spacial score (nSPS) is 27.6. The standard InChI is InChI=1S/C26H49NO12/c1-3-4-5-6-7-8-9-10-11-12-13-37-15-18(30)16-38-26(25(35)36)24(34)22(33)20(27-17(2)29)23(39-26)21(32)19(31)14-28/h18-24,28,30-34H,3-16H2,1-2H3,(H,27,29)(H,35,36)/t18-,19+,20+,21+,22+,23+,24-,26+/m0/s1. The van der Waals surface area contributed by atoms with Crippen LogP contribution in [0.1, 0.15) is 78.1 Å². The fraction of sp³-hybridized carbons (Fsp3) is 0.923. The molecule has 0 aliphatic carbocycles. The molecule has 1 rings (SSSR count). The highest BCUT2D eigenvalue weighted by Crippen LogP contribution is 2.34. The van der Waals surface area contributed by atoms with Gasteiger partial charge >= 0.3 is 5.97 Å². The van der Waals surface area contributed by atoms with Crippen molar-refractivity contribution >= 4 is 11.9 Å². The molecular weight excluding hydrogens is 518 g/mol. The molecule has 0 radical (unpaired) electrons. The first kappa shape index (κ1) is 35.6. The van der Waals surface area contributed by atoms with Crippen molar-refractivity contribution in [3.8, 4) is 0 Å². The van der Waals surface area contributed by atoms with Gasteiger partial charge in [0.15, 0.2) is 0 Å². The van der Waals surface area contributed by atoms with Crippen molar-refractivity contribution in [3.05, 3.63) is 0 Å². The van der Waals surface area contributed by atoms with E-state index in [0.29, 0.717) is 6.61 Å². The molecule has 1 amide bonds. The number of amides is 1. The second-order valence-corrected chi connectivity index (χ2v) is 10.2. The number of hydrogen-bond acceptors (Lipinski definition) is 11. The number of rotatable bonds is 21. The SMILES string of the molecule is CCCCCCCCCCCCOC[C@H](O)CO[C@@]1(C(=O)O)O[C@@H]([C@H](O)[C@H](O)CO)[C@H](NC(C)=O)[C@@H](O)[C@@H]1O. The molecule has 0 aromatic carbocycles. The van der Waals surface area contributed by atoms with Crippen LogP contribution in [0.25, 0.3) is 0 Å². The Morgan fingerprint density at radius 2 is 1.51 bits per heavy atom. The summed E-state index contributed by atoms with van der Waals surface area (Å²) in [6.07, 6.45) is 0.418. The van der Waals surface area contributed by atoms with Gasteiger partial charge in [0.2, 0.25) is 5.91 Å². The molecule has 0 bridgehead atoms. The summed E-state index contributed by atoms with van der Waals surface area (Å²) in [6.45, 7) is 1.86. The number of carbonyl (C=O) groups excluding carboxylic acids is 1. The molecule has 8 N–H and O–H groups in total. The lowest BCUT2D eigenvalue weighted by Gasteiger charge is -2.49. The first-order valence-corrected chi connectivity index (χ1v) is 13.9. The maximum absolute atomic E-state index is 12.1. The molecular formula is C26H49NO12. The van der Waals surface area contributed by atoms with Crippen LogP contribution in [0.5, 0.6) is 0 Å². The van der Waals surface area contributed by atoms with Crippen LogP contribution in [0.15, 0.2) is 0 Å². The minimum Gasteiger partial charge on any atom is -0.477 e. The van der Waals surface area contributed by atoms with Crippen LogP contribution in [0.3, 0.4) is 0 Å². The predicted octanol–water partition coefficient (Wildman–Crippen LogP) is -0.578. The maximum Gasteiger partial charge on any atom is 0.367 e. The van der Waals surface area contributed by atoms with Gasteiger partial charge in [-0.2, -0.15) is 0 Å². The molecule has 0 aromatic heterocycles. The number of carbonyl (C=O) groups is 2. The van der Waals surface area contributed by atoms with Gasteiger partial charge in [-0.25, -0.2) is 4.79 Å². The molecule has 0 spiro atoms. The summed E-state index contributed by atoms with van der Waals surface area (Å²) >= 11 is 0. The highest BCUT2D eigenvalue weighted by molar-refractivity contribution is 5.77. The van der Waals surface area contributed by atoms with Crippen molar-refractivity contribution in [1.82, 2.24) is 5.32 Å². The van der Waals surface area contributed by atoms with Gasteiger partial charge in [0.05, 0.1) is 25.9 Å². The molecule has 8 atom stereocenters. The number of unbranched alkanes of at least 4 members (excludes halogenated alkanes) is 9. The van der Waals surface area contributed by atoms with E-state index in [1.807, 2.05) is 0 Å². The second-order valence-electron chi connectivity index (χ2n) is 10.2. The van der Waals surface area contributed by atoms with Gasteiger partial charge in [0.25, 0.3) is 5.79 Å². The number of ether oxygens (including phenoxy) is 3. The van der Waals surface area contributed by atoms with E-state index < -0.39 is 73.5 Å². The Hall–Kier alpha value is -1.42. The third-order valence-electron chi connectivity index (χ3n) is 6.77. The average molecular weight is 568 g/mol. The van der Waals surface area contributed by atoms with Gasteiger partial charge in [-0.3, -0.25) is 4.79 Å². The van der Waals surface area contributed by atoms with Crippen LogP contribution in [-0.4, -0.2) is 123 Å². The van der Waals surface area contributed by atoms with Crippen LogP contribution in [0, 0.1) is 0 Å². The molecule has 39 heavy (non-hydrogen) atoms. The minimum atomic E-state index is -2.97. The maximum atomic E-state index is 12.1. The number of aliphatic hydroxyl groups is 6. The van der Waals surface area contributed by atoms with E-state index in [2.05, 4.69) is 12.2 Å². The van der Waals surface area contributed by atoms with Crippen LogP contribution in [0.4, 0.5) is 0 Å². The van der Waals surface area contributed by atoms with E-state index in [-0.39, 0.29) is 6.61 Å². The van der Waals surface area contributed by atoms with Crippen molar-refractivity contribution < 1.29 is 59.5 Å². The van der Waals surface area contributed by atoms with E-state index in [1.165, 1.54) is 44.9 Å². The van der Waals surface area contributed by atoms with Crippen LogP contribution >= 0.6 is 0 Å². The van der Waals surface area contributed by atoms with Crippen molar-refractivity contribution in [2.45, 2.75) is 127 Å². The van der Waals surface area contributed by atoms with Gasteiger partial charge in [-0.05, 0) is 6.42 Å². The molecule has 1 aliphatic rings. The second kappa shape index (κ2) is 18.8. The Bertz CT molecular complexity index is 698. The monoisotopic (exact) mass is 567 g/mol. The zero-order valence-corrected chi connectivity index (χ0v) is 23.1. The molecule has 0 unspecified atom stereocenters. The topological polar surface area (TPSA) is 215 Å². The Morgan fingerprint density at radius 3 is 2.03 bits per heavy atom.